The molecule has 3 rings (SSSR count). The van der Waals surface area contributed by atoms with Crippen molar-refractivity contribution in [2.24, 2.45) is 0 Å². The number of rotatable bonds is 4. The summed E-state index contributed by atoms with van der Waals surface area (Å²) in [5.41, 5.74) is 1.78. The van der Waals surface area contributed by atoms with Gasteiger partial charge in [-0.2, -0.15) is 5.10 Å². The van der Waals surface area contributed by atoms with Crippen LogP contribution in [0.25, 0.3) is 5.69 Å². The van der Waals surface area contributed by atoms with Crippen molar-refractivity contribution < 1.29 is 4.79 Å². The zero-order valence-electron chi connectivity index (χ0n) is 12.2. The highest BCUT2D eigenvalue weighted by Crippen LogP contribution is 2.24. The third kappa shape index (κ3) is 3.42. The van der Waals surface area contributed by atoms with Crippen LogP contribution in [0, 0.1) is 6.92 Å². The lowest BCUT2D eigenvalue weighted by Gasteiger charge is -2.04. The van der Waals surface area contributed by atoms with Crippen LogP contribution in [0.2, 0.25) is 9.49 Å². The van der Waals surface area contributed by atoms with Crippen molar-refractivity contribution in [3.63, 3.8) is 0 Å². The summed E-state index contributed by atoms with van der Waals surface area (Å²) in [5.74, 6) is -0.251. The van der Waals surface area contributed by atoms with Crippen molar-refractivity contribution in [3.8, 4) is 5.69 Å². The quantitative estimate of drug-likeness (QED) is 0.740. The third-order valence-corrected chi connectivity index (χ3v) is 4.86. The second-order valence-corrected chi connectivity index (χ2v) is 7.04. The molecule has 2 aromatic heterocycles. The lowest BCUT2D eigenvalue weighted by molar-refractivity contribution is 0.0951. The van der Waals surface area contributed by atoms with Crippen molar-refractivity contribution in [3.05, 3.63) is 68.1 Å². The van der Waals surface area contributed by atoms with Crippen molar-refractivity contribution in [1.29, 1.82) is 0 Å². The number of halogens is 2. The van der Waals surface area contributed by atoms with Crippen LogP contribution in [-0.2, 0) is 6.54 Å². The predicted molar refractivity (Wildman–Crippen MR) is 93.8 cm³/mol. The number of hydrogen-bond acceptors (Lipinski definition) is 3. The topological polar surface area (TPSA) is 46.9 Å². The van der Waals surface area contributed by atoms with Gasteiger partial charge in [0.25, 0.3) is 5.91 Å². The first-order chi connectivity index (χ1) is 11.1. The van der Waals surface area contributed by atoms with E-state index in [1.807, 2.05) is 36.4 Å². The first kappa shape index (κ1) is 16.1. The number of hydrogen-bond donors (Lipinski definition) is 1. The van der Waals surface area contributed by atoms with Gasteiger partial charge in [-0.3, -0.25) is 4.79 Å². The molecule has 1 aromatic carbocycles. The van der Waals surface area contributed by atoms with E-state index in [1.54, 1.807) is 17.7 Å². The largest absolute Gasteiger partial charge is 0.347 e. The maximum absolute atomic E-state index is 12.4. The van der Waals surface area contributed by atoms with E-state index in [1.165, 1.54) is 11.3 Å². The van der Waals surface area contributed by atoms with E-state index in [-0.39, 0.29) is 5.91 Å². The number of aryl methyl sites for hydroxylation is 1. The van der Waals surface area contributed by atoms with E-state index in [9.17, 15) is 4.79 Å². The predicted octanol–water partition coefficient (Wildman–Crippen LogP) is 4.48. The summed E-state index contributed by atoms with van der Waals surface area (Å²) in [6.45, 7) is 2.17. The number of thiophene rings is 1. The van der Waals surface area contributed by atoms with Gasteiger partial charge in [0.2, 0.25) is 0 Å². The van der Waals surface area contributed by atoms with E-state index in [0.717, 1.165) is 10.6 Å². The summed E-state index contributed by atoms with van der Waals surface area (Å²) in [7, 11) is 0. The highest BCUT2D eigenvalue weighted by Gasteiger charge is 2.20. The third-order valence-electron chi connectivity index (χ3n) is 3.28. The Hall–Kier alpha value is -1.82. The molecular weight excluding hydrogens is 353 g/mol. The summed E-state index contributed by atoms with van der Waals surface area (Å²) < 4.78 is 2.26. The fourth-order valence-electron chi connectivity index (χ4n) is 2.20. The number of para-hydroxylation sites is 1. The molecule has 7 heteroatoms. The molecule has 23 heavy (non-hydrogen) atoms. The molecular formula is C16H13Cl2N3OS. The van der Waals surface area contributed by atoms with Gasteiger partial charge in [-0.25, -0.2) is 4.68 Å². The average Bonchev–Trinajstić information content (AvgIpc) is 3.09. The van der Waals surface area contributed by atoms with Crippen LogP contribution in [0.15, 0.2) is 42.5 Å². The molecule has 3 aromatic rings. The maximum atomic E-state index is 12.4. The van der Waals surface area contributed by atoms with Crippen LogP contribution >= 0.6 is 34.5 Å². The fraction of sp³-hybridized carbons (Fsp3) is 0.125. The molecule has 0 aliphatic heterocycles. The van der Waals surface area contributed by atoms with E-state index in [4.69, 9.17) is 23.2 Å². The molecule has 0 bridgehead atoms. The Labute approximate surface area is 147 Å². The molecule has 4 nitrogen and oxygen atoms in total. The van der Waals surface area contributed by atoms with Crippen LogP contribution in [0.3, 0.4) is 0 Å². The zero-order chi connectivity index (χ0) is 16.4. The zero-order valence-corrected chi connectivity index (χ0v) is 14.5. The highest BCUT2D eigenvalue weighted by molar-refractivity contribution is 7.16. The lowest BCUT2D eigenvalue weighted by Crippen LogP contribution is -2.23. The minimum absolute atomic E-state index is 0.251. The van der Waals surface area contributed by atoms with E-state index < -0.39 is 0 Å². The Balaban J connectivity index is 1.82. The molecule has 0 spiro atoms. The van der Waals surface area contributed by atoms with Crippen LogP contribution in [-0.4, -0.2) is 15.7 Å². The smallest absolute Gasteiger partial charge is 0.256 e. The number of carbonyl (C=O) groups excluding carboxylic acids is 1. The van der Waals surface area contributed by atoms with Gasteiger partial charge in [-0.1, -0.05) is 41.4 Å². The van der Waals surface area contributed by atoms with Gasteiger partial charge < -0.3 is 5.32 Å². The minimum atomic E-state index is -0.251. The molecule has 0 atom stereocenters. The number of carbonyl (C=O) groups is 1. The van der Waals surface area contributed by atoms with Gasteiger partial charge in [-0.15, -0.1) is 11.3 Å². The highest BCUT2D eigenvalue weighted by atomic mass is 35.5. The summed E-state index contributed by atoms with van der Waals surface area (Å²) in [4.78, 5) is 13.4. The van der Waals surface area contributed by atoms with Crippen molar-refractivity contribution >= 4 is 40.4 Å². The van der Waals surface area contributed by atoms with E-state index in [2.05, 4.69) is 10.4 Å². The molecule has 0 aliphatic rings. The second kappa shape index (κ2) is 6.74. The minimum Gasteiger partial charge on any atom is -0.347 e. The summed E-state index contributed by atoms with van der Waals surface area (Å²) in [5, 5.41) is 7.52. The van der Waals surface area contributed by atoms with Crippen molar-refractivity contribution in [2.45, 2.75) is 13.5 Å². The van der Waals surface area contributed by atoms with E-state index in [0.29, 0.717) is 27.3 Å². The molecule has 118 valence electrons. The normalized spacial score (nSPS) is 10.7. The molecule has 0 radical (unpaired) electrons. The number of nitrogens with zero attached hydrogens (tertiary/aromatic N) is 2. The van der Waals surface area contributed by atoms with Gasteiger partial charge in [0, 0.05) is 4.88 Å². The molecule has 0 fully saturated rings. The molecule has 0 saturated heterocycles. The number of aromatic nitrogens is 2. The molecule has 1 N–H and O–H groups in total. The fourth-order valence-corrected chi connectivity index (χ4v) is 3.59. The monoisotopic (exact) mass is 365 g/mol. The first-order valence-electron chi connectivity index (χ1n) is 6.89. The van der Waals surface area contributed by atoms with E-state index >= 15 is 0 Å². The standard InChI is InChI=1S/C16H13Cl2N3OS/c1-10-14(16(22)19-9-12-7-8-13(17)23-12)15(18)21(20-10)11-5-3-2-4-6-11/h2-8H,9H2,1H3,(H,19,22). The molecule has 0 aliphatic carbocycles. The maximum Gasteiger partial charge on any atom is 0.256 e. The second-order valence-electron chi connectivity index (χ2n) is 4.89. The average molecular weight is 366 g/mol. The summed E-state index contributed by atoms with van der Waals surface area (Å²) >= 11 is 13.7. The summed E-state index contributed by atoms with van der Waals surface area (Å²) in [6, 6.07) is 13.1. The van der Waals surface area contributed by atoms with Gasteiger partial charge in [0.1, 0.15) is 5.15 Å². The Kier molecular flexibility index (Phi) is 4.71. The molecule has 0 saturated carbocycles. The molecule has 0 unspecified atom stereocenters. The van der Waals surface area contributed by atoms with Crippen LogP contribution in [0.5, 0.6) is 0 Å². The summed E-state index contributed by atoms with van der Waals surface area (Å²) in [6.07, 6.45) is 0. The van der Waals surface area contributed by atoms with Crippen molar-refractivity contribution in [1.82, 2.24) is 15.1 Å². The Morgan fingerprint density at radius 1 is 1.22 bits per heavy atom. The SMILES string of the molecule is Cc1nn(-c2ccccc2)c(Cl)c1C(=O)NCc1ccc(Cl)s1. The lowest BCUT2D eigenvalue weighted by atomic mass is 10.2. The molecule has 1 amide bonds. The number of benzene rings is 1. The van der Waals surface area contributed by atoms with Gasteiger partial charge in [0.05, 0.1) is 27.8 Å². The van der Waals surface area contributed by atoms with Crippen LogP contribution in [0.4, 0.5) is 0 Å². The van der Waals surface area contributed by atoms with Gasteiger partial charge >= 0.3 is 0 Å². The van der Waals surface area contributed by atoms with Crippen LogP contribution < -0.4 is 5.32 Å². The Bertz CT molecular complexity index is 842. The number of amides is 1. The molecule has 2 heterocycles. The van der Waals surface area contributed by atoms with Gasteiger partial charge in [-0.05, 0) is 31.2 Å². The van der Waals surface area contributed by atoms with Crippen LogP contribution in [0.1, 0.15) is 20.9 Å². The number of nitrogens with one attached hydrogen (secondary N) is 1. The van der Waals surface area contributed by atoms with Crippen molar-refractivity contribution in [2.75, 3.05) is 0 Å². The Morgan fingerprint density at radius 3 is 2.61 bits per heavy atom. The van der Waals surface area contributed by atoms with Gasteiger partial charge in [0.15, 0.2) is 0 Å². The first-order valence-corrected chi connectivity index (χ1v) is 8.46. The Morgan fingerprint density at radius 2 is 1.96 bits per heavy atom.